The molecule has 4 rings (SSSR count). The summed E-state index contributed by atoms with van der Waals surface area (Å²) in [5.74, 6) is 0.688. The van der Waals surface area contributed by atoms with Crippen LogP contribution in [-0.2, 0) is 9.59 Å². The van der Waals surface area contributed by atoms with Crippen LogP contribution in [0, 0.1) is 5.92 Å². The fourth-order valence-corrected chi connectivity index (χ4v) is 4.59. The van der Waals surface area contributed by atoms with Gasteiger partial charge < -0.3 is 14.5 Å². The number of carbonyl (C=O) groups excluding carboxylic acids is 3. The molecule has 0 N–H and O–H groups in total. The van der Waals surface area contributed by atoms with Crippen molar-refractivity contribution in [3.05, 3.63) is 71.4 Å². The topological polar surface area (TPSA) is 66.9 Å². The molecule has 6 nitrogen and oxygen atoms in total. The summed E-state index contributed by atoms with van der Waals surface area (Å²) in [5.41, 5.74) is 2.70. The summed E-state index contributed by atoms with van der Waals surface area (Å²) in [7, 11) is 1.60. The van der Waals surface area contributed by atoms with E-state index in [9.17, 15) is 14.4 Å². The average molecular weight is 433 g/mol. The molecule has 2 aliphatic heterocycles. The molecule has 1 saturated heterocycles. The smallest absolute Gasteiger partial charge is 0.225 e. The molecular weight excluding hydrogens is 404 g/mol. The van der Waals surface area contributed by atoms with E-state index in [0.717, 1.165) is 16.9 Å². The molecule has 6 heteroatoms. The minimum absolute atomic E-state index is 0.0155. The lowest BCUT2D eigenvalue weighted by Crippen LogP contribution is -2.42. The maximum absolute atomic E-state index is 13.1. The van der Waals surface area contributed by atoms with Gasteiger partial charge in [0.2, 0.25) is 11.8 Å². The molecule has 0 saturated carbocycles. The number of ketones is 1. The first kappa shape index (κ1) is 21.8. The highest BCUT2D eigenvalue weighted by Crippen LogP contribution is 2.34. The zero-order chi connectivity index (χ0) is 22.7. The van der Waals surface area contributed by atoms with Gasteiger partial charge in [-0.25, -0.2) is 0 Å². The number of methoxy groups -OCH3 is 1. The number of amides is 2. The van der Waals surface area contributed by atoms with Crippen molar-refractivity contribution < 1.29 is 19.1 Å². The Bertz CT molecular complexity index is 1040. The summed E-state index contributed by atoms with van der Waals surface area (Å²) in [6.07, 6.45) is 5.21. The Labute approximate surface area is 188 Å². The fraction of sp³-hybridized carbons (Fsp3) is 0.346. The highest BCUT2D eigenvalue weighted by atomic mass is 16.5. The molecule has 0 spiro atoms. The van der Waals surface area contributed by atoms with Gasteiger partial charge in [-0.3, -0.25) is 14.4 Å². The van der Waals surface area contributed by atoms with Gasteiger partial charge in [0.15, 0.2) is 5.78 Å². The highest BCUT2D eigenvalue weighted by Gasteiger charge is 2.32. The molecular formula is C26H28N2O4. The first-order chi connectivity index (χ1) is 15.5. The van der Waals surface area contributed by atoms with Crippen molar-refractivity contribution in [3.8, 4) is 5.75 Å². The number of rotatable bonds is 5. The molecule has 0 bridgehead atoms. The molecule has 166 valence electrons. The molecule has 0 aromatic heterocycles. The van der Waals surface area contributed by atoms with E-state index in [1.807, 2.05) is 35.2 Å². The van der Waals surface area contributed by atoms with E-state index in [1.165, 1.54) is 6.92 Å². The summed E-state index contributed by atoms with van der Waals surface area (Å²) in [6.45, 7) is 2.62. The van der Waals surface area contributed by atoms with Gasteiger partial charge in [0.1, 0.15) is 5.75 Å². The number of benzene rings is 2. The molecule has 0 unspecified atom stereocenters. The number of hydrogen-bond acceptors (Lipinski definition) is 4. The van der Waals surface area contributed by atoms with Gasteiger partial charge in [0.25, 0.3) is 0 Å². The van der Waals surface area contributed by atoms with Crippen molar-refractivity contribution in [3.63, 3.8) is 0 Å². The summed E-state index contributed by atoms with van der Waals surface area (Å²) < 4.78 is 5.16. The van der Waals surface area contributed by atoms with E-state index in [1.54, 1.807) is 42.5 Å². The van der Waals surface area contributed by atoms with Crippen molar-refractivity contribution >= 4 is 23.7 Å². The third-order valence-electron chi connectivity index (χ3n) is 6.43. The highest BCUT2D eigenvalue weighted by molar-refractivity contribution is 5.98. The zero-order valence-electron chi connectivity index (χ0n) is 18.5. The molecule has 0 radical (unpaired) electrons. The van der Waals surface area contributed by atoms with Gasteiger partial charge in [0, 0.05) is 37.7 Å². The Hall–Kier alpha value is -3.41. The minimum atomic E-state index is -0.306. The van der Waals surface area contributed by atoms with Crippen LogP contribution in [0.3, 0.4) is 0 Å². The Morgan fingerprint density at radius 1 is 1.00 bits per heavy atom. The predicted molar refractivity (Wildman–Crippen MR) is 122 cm³/mol. The van der Waals surface area contributed by atoms with E-state index in [4.69, 9.17) is 4.74 Å². The molecule has 2 amide bonds. The maximum atomic E-state index is 13.1. The summed E-state index contributed by atoms with van der Waals surface area (Å²) in [4.78, 5) is 41.6. The van der Waals surface area contributed by atoms with Crippen LogP contribution in [0.5, 0.6) is 5.75 Å². The average Bonchev–Trinajstić information content (AvgIpc) is 2.83. The Morgan fingerprint density at radius 2 is 1.69 bits per heavy atom. The SMILES string of the molecule is COc1ccc(C(=O)C2CCN(C(=O)C[C@H]3c4ccccc4C=CN3C(C)=O)CC2)cc1. The number of likely N-dealkylation sites (tertiary alicyclic amines) is 1. The maximum Gasteiger partial charge on any atom is 0.225 e. The summed E-state index contributed by atoms with van der Waals surface area (Å²) in [6, 6.07) is 14.7. The van der Waals surface area contributed by atoms with Crippen LogP contribution in [0.25, 0.3) is 6.08 Å². The van der Waals surface area contributed by atoms with Gasteiger partial charge in [-0.1, -0.05) is 24.3 Å². The normalized spacial score (nSPS) is 18.2. The van der Waals surface area contributed by atoms with Crippen LogP contribution < -0.4 is 4.74 Å². The van der Waals surface area contributed by atoms with E-state index in [-0.39, 0.29) is 36.0 Å². The second-order valence-electron chi connectivity index (χ2n) is 8.34. The van der Waals surface area contributed by atoms with Crippen LogP contribution in [0.15, 0.2) is 54.7 Å². The van der Waals surface area contributed by atoms with E-state index >= 15 is 0 Å². The molecule has 1 fully saturated rings. The van der Waals surface area contributed by atoms with E-state index in [2.05, 4.69) is 0 Å². The number of nitrogens with zero attached hydrogens (tertiary/aromatic N) is 2. The quantitative estimate of drug-likeness (QED) is 0.668. The van der Waals surface area contributed by atoms with Crippen LogP contribution >= 0.6 is 0 Å². The van der Waals surface area contributed by atoms with Crippen molar-refractivity contribution in [1.82, 2.24) is 9.80 Å². The van der Waals surface area contributed by atoms with Gasteiger partial charge in [-0.05, 0) is 54.3 Å². The number of hydrogen-bond donors (Lipinski definition) is 0. The predicted octanol–water partition coefficient (Wildman–Crippen LogP) is 4.08. The molecule has 2 aromatic rings. The number of ether oxygens (including phenoxy) is 1. The molecule has 2 heterocycles. The van der Waals surface area contributed by atoms with Crippen molar-refractivity contribution in [1.29, 1.82) is 0 Å². The number of carbonyl (C=O) groups is 3. The van der Waals surface area contributed by atoms with Crippen LogP contribution in [0.1, 0.15) is 53.7 Å². The van der Waals surface area contributed by atoms with E-state index < -0.39 is 0 Å². The Morgan fingerprint density at radius 3 is 2.34 bits per heavy atom. The van der Waals surface area contributed by atoms with Crippen molar-refractivity contribution in [2.24, 2.45) is 5.92 Å². The van der Waals surface area contributed by atoms with Crippen LogP contribution in [0.4, 0.5) is 0 Å². The Kier molecular flexibility index (Phi) is 6.40. The van der Waals surface area contributed by atoms with Gasteiger partial charge in [-0.15, -0.1) is 0 Å². The minimum Gasteiger partial charge on any atom is -0.497 e. The number of Topliss-reactive ketones (excluding diaryl/α,β-unsaturated/α-hetero) is 1. The lowest BCUT2D eigenvalue weighted by Gasteiger charge is -2.36. The second kappa shape index (κ2) is 9.39. The number of fused-ring (bicyclic) bond motifs is 1. The first-order valence-electron chi connectivity index (χ1n) is 11.0. The van der Waals surface area contributed by atoms with Gasteiger partial charge in [-0.2, -0.15) is 0 Å². The third kappa shape index (κ3) is 4.44. The fourth-order valence-electron chi connectivity index (χ4n) is 4.59. The molecule has 2 aliphatic rings. The lowest BCUT2D eigenvalue weighted by molar-refractivity contribution is -0.135. The largest absolute Gasteiger partial charge is 0.497 e. The first-order valence-corrected chi connectivity index (χ1v) is 11.0. The van der Waals surface area contributed by atoms with Gasteiger partial charge >= 0.3 is 0 Å². The number of piperidine rings is 1. The molecule has 32 heavy (non-hydrogen) atoms. The molecule has 1 atom stereocenters. The third-order valence-corrected chi connectivity index (χ3v) is 6.43. The monoisotopic (exact) mass is 432 g/mol. The second-order valence-corrected chi connectivity index (χ2v) is 8.34. The standard InChI is InChI=1S/C26H28N2O4/c1-18(29)28-16-13-19-5-3-4-6-23(19)24(28)17-25(30)27-14-11-21(12-15-27)26(31)20-7-9-22(32-2)10-8-20/h3-10,13,16,21,24H,11-12,14-15,17H2,1-2H3/t24-/m0/s1. The van der Waals surface area contributed by atoms with Crippen LogP contribution in [-0.4, -0.2) is 47.6 Å². The summed E-state index contributed by atoms with van der Waals surface area (Å²) in [5, 5.41) is 0. The lowest BCUT2D eigenvalue weighted by atomic mass is 9.88. The van der Waals surface area contributed by atoms with Crippen molar-refractivity contribution in [2.75, 3.05) is 20.2 Å². The van der Waals surface area contributed by atoms with Gasteiger partial charge in [0.05, 0.1) is 19.6 Å². The molecule has 2 aromatic carbocycles. The zero-order valence-corrected chi connectivity index (χ0v) is 18.5. The molecule has 0 aliphatic carbocycles. The van der Waals surface area contributed by atoms with Crippen molar-refractivity contribution in [2.45, 2.75) is 32.2 Å². The van der Waals surface area contributed by atoms with Crippen LogP contribution in [0.2, 0.25) is 0 Å². The Balaban J connectivity index is 1.39. The van der Waals surface area contributed by atoms with E-state index in [0.29, 0.717) is 31.5 Å². The summed E-state index contributed by atoms with van der Waals surface area (Å²) >= 11 is 0.